The molecule has 0 aliphatic carbocycles. The summed E-state index contributed by atoms with van der Waals surface area (Å²) in [6.45, 7) is 21.7. The maximum absolute atomic E-state index is 12.9. The summed E-state index contributed by atoms with van der Waals surface area (Å²) in [4.78, 5) is 50.5. The minimum absolute atomic E-state index is 0.117. The first kappa shape index (κ1) is 50.0. The van der Waals surface area contributed by atoms with Gasteiger partial charge in [-0.25, -0.2) is 4.79 Å². The summed E-state index contributed by atoms with van der Waals surface area (Å²) in [5.41, 5.74) is 1.80. The van der Waals surface area contributed by atoms with Crippen LogP contribution in [0.1, 0.15) is 131 Å². The van der Waals surface area contributed by atoms with Gasteiger partial charge in [-0.15, -0.1) is 6.58 Å². The number of carbonyl (C=O) groups excluding carboxylic acids is 4. The summed E-state index contributed by atoms with van der Waals surface area (Å²) in [5, 5.41) is 0. The summed E-state index contributed by atoms with van der Waals surface area (Å²) in [7, 11) is 2.01. The van der Waals surface area contributed by atoms with Gasteiger partial charge in [-0.1, -0.05) is 96.0 Å². The van der Waals surface area contributed by atoms with E-state index in [4.69, 9.17) is 14.2 Å². The molecule has 0 radical (unpaired) electrons. The Morgan fingerprint density at radius 3 is 2.15 bits per heavy atom. The molecule has 0 bridgehead atoms. The minimum Gasteiger partial charge on any atom is -0.494 e. The van der Waals surface area contributed by atoms with E-state index in [0.717, 1.165) is 68.1 Å². The Morgan fingerprint density at radius 2 is 1.56 bits per heavy atom. The van der Waals surface area contributed by atoms with Crippen molar-refractivity contribution in [3.8, 4) is 5.75 Å². The third kappa shape index (κ3) is 22.3. The third-order valence-electron chi connectivity index (χ3n) is 8.27. The number of ketones is 1. The number of unbranched alkanes of at least 4 members (excludes halogenated alkanes) is 3. The number of benzene rings is 2. The molecule has 54 heavy (non-hydrogen) atoms. The average Bonchev–Trinajstić information content (AvgIpc) is 3.66. The number of Topliss-reactive ketones (excluding diaryl/α,β-unsaturated/α-hetero) is 1. The van der Waals surface area contributed by atoms with E-state index in [9.17, 15) is 19.2 Å². The van der Waals surface area contributed by atoms with Crippen molar-refractivity contribution in [2.75, 3.05) is 26.8 Å². The van der Waals surface area contributed by atoms with Crippen LogP contribution in [0.5, 0.6) is 5.75 Å². The Morgan fingerprint density at radius 1 is 0.907 bits per heavy atom. The van der Waals surface area contributed by atoms with E-state index in [0.29, 0.717) is 52.0 Å². The number of hydrogen-bond acceptors (Lipinski definition) is 8. The van der Waals surface area contributed by atoms with Crippen LogP contribution in [0.3, 0.4) is 0 Å². The van der Waals surface area contributed by atoms with E-state index < -0.39 is 5.60 Å². The molecule has 304 valence electrons. The molecule has 1 unspecified atom stereocenters. The van der Waals surface area contributed by atoms with Crippen LogP contribution in [0.25, 0.3) is 0 Å². The smallest absolute Gasteiger partial charge is 0.410 e. The molecule has 1 heterocycles. The van der Waals surface area contributed by atoms with Gasteiger partial charge in [0.1, 0.15) is 17.6 Å². The van der Waals surface area contributed by atoms with Gasteiger partial charge in [-0.05, 0) is 96.0 Å². The lowest BCUT2D eigenvalue weighted by atomic mass is 9.98. The molecule has 1 aliphatic rings. The van der Waals surface area contributed by atoms with Crippen LogP contribution in [0.15, 0.2) is 67.3 Å². The van der Waals surface area contributed by atoms with Gasteiger partial charge in [-0.2, -0.15) is 0 Å². The van der Waals surface area contributed by atoms with Crippen LogP contribution >= 0.6 is 0 Å². The molecule has 1 amide bonds. The normalized spacial score (nSPS) is 13.8. The highest BCUT2D eigenvalue weighted by atomic mass is 16.6. The van der Waals surface area contributed by atoms with Gasteiger partial charge >= 0.3 is 12.1 Å². The predicted molar refractivity (Wildman–Crippen MR) is 221 cm³/mol. The standard InChI is InChI=1S/C31H43NO4.C10H17NO3.2C2H6/c1-4-6-12-23-36-31(34)17-11-13-22-35-28-20-18-27(19-21-28)25-32(3)29(30(33)16-7-5-2)24-26-14-9-8-10-15-26;1-10(2,3)14-9(13)11-6-4-5-8(11)7-12;2*1-2/h5,8-10,14-15,18-21,29H,2,4,6-7,11-13,16-17,22-25H2,1,3H3;7-8H,4-6H2,1-3H3;2*1-2H3/t29-;;;/m0.../s1. The number of ether oxygens (including phenoxy) is 3. The number of likely N-dealkylation sites (N-methyl/N-ethyl adjacent to an activating group) is 1. The van der Waals surface area contributed by atoms with Crippen molar-refractivity contribution in [1.29, 1.82) is 0 Å². The Hall–Kier alpha value is -3.98. The van der Waals surface area contributed by atoms with Crippen LogP contribution in [0, 0.1) is 0 Å². The lowest BCUT2D eigenvalue weighted by Gasteiger charge is -2.27. The second-order valence-electron chi connectivity index (χ2n) is 13.8. The highest BCUT2D eigenvalue weighted by Gasteiger charge is 2.31. The molecular weight excluding hydrogens is 681 g/mol. The molecule has 2 aromatic rings. The van der Waals surface area contributed by atoms with Gasteiger partial charge < -0.3 is 19.0 Å². The van der Waals surface area contributed by atoms with Gasteiger partial charge in [0.25, 0.3) is 0 Å². The number of rotatable bonds is 20. The fourth-order valence-electron chi connectivity index (χ4n) is 5.51. The van der Waals surface area contributed by atoms with Crippen molar-refractivity contribution in [2.45, 2.75) is 150 Å². The number of nitrogens with zero attached hydrogens (tertiary/aromatic N) is 2. The molecule has 2 aromatic carbocycles. The number of hydrogen-bond donors (Lipinski definition) is 0. The highest BCUT2D eigenvalue weighted by Crippen LogP contribution is 2.20. The Bertz CT molecular complexity index is 1290. The number of allylic oxidation sites excluding steroid dienone is 1. The maximum atomic E-state index is 12.9. The molecule has 3 rings (SSSR count). The van der Waals surface area contributed by atoms with Crippen molar-refractivity contribution in [3.63, 3.8) is 0 Å². The summed E-state index contributed by atoms with van der Waals surface area (Å²) in [5.74, 6) is 0.936. The zero-order valence-corrected chi connectivity index (χ0v) is 35.1. The molecule has 0 saturated carbocycles. The number of likely N-dealkylation sites (tertiary alicyclic amines) is 1. The first-order chi connectivity index (χ1) is 26.0. The van der Waals surface area contributed by atoms with E-state index in [1.54, 1.807) is 6.08 Å². The lowest BCUT2D eigenvalue weighted by Crippen LogP contribution is -2.40. The van der Waals surface area contributed by atoms with Crippen LogP contribution < -0.4 is 4.74 Å². The third-order valence-corrected chi connectivity index (χ3v) is 8.27. The molecule has 1 fully saturated rings. The molecule has 0 spiro atoms. The Labute approximate surface area is 327 Å². The number of esters is 1. The van der Waals surface area contributed by atoms with Crippen LogP contribution in [-0.4, -0.2) is 78.4 Å². The van der Waals surface area contributed by atoms with E-state index in [1.165, 1.54) is 4.90 Å². The van der Waals surface area contributed by atoms with Gasteiger partial charge in [-0.3, -0.25) is 19.4 Å². The zero-order chi connectivity index (χ0) is 40.8. The second-order valence-corrected chi connectivity index (χ2v) is 13.8. The fraction of sp³-hybridized carbons (Fsp3) is 0.600. The predicted octanol–water partition coefficient (Wildman–Crippen LogP) is 10.2. The first-order valence-corrected chi connectivity index (χ1v) is 20.2. The number of amides is 1. The highest BCUT2D eigenvalue weighted by molar-refractivity contribution is 5.84. The molecular formula is C45H72N2O7. The van der Waals surface area contributed by atoms with E-state index in [-0.39, 0.29) is 29.9 Å². The molecule has 1 aliphatic heterocycles. The molecule has 0 N–H and O–H groups in total. The summed E-state index contributed by atoms with van der Waals surface area (Å²) in [6, 6.07) is 17.7. The Kier molecular flexibility index (Phi) is 28.1. The second kappa shape index (κ2) is 30.4. The van der Waals surface area contributed by atoms with Gasteiger partial charge in [0, 0.05) is 25.9 Å². The maximum Gasteiger partial charge on any atom is 0.410 e. The van der Waals surface area contributed by atoms with E-state index in [1.807, 2.05) is 98.0 Å². The molecule has 9 heteroatoms. The average molecular weight is 753 g/mol. The lowest BCUT2D eigenvalue weighted by molar-refractivity contribution is -0.144. The SMILES string of the molecule is C=CCCC(=O)[C@H](Cc1ccccc1)N(C)Cc1ccc(OCCCCC(=O)OCCCCC)cc1.CC.CC.CC(C)(C)OC(=O)N1CCCC1C=O. The topological polar surface area (TPSA) is 102 Å². The van der Waals surface area contributed by atoms with Crippen molar-refractivity contribution >= 4 is 24.1 Å². The molecule has 2 atom stereocenters. The minimum atomic E-state index is -0.493. The van der Waals surface area contributed by atoms with Crippen molar-refractivity contribution in [1.82, 2.24) is 9.80 Å². The number of carbonyl (C=O) groups is 4. The first-order valence-electron chi connectivity index (χ1n) is 20.2. The zero-order valence-electron chi connectivity index (χ0n) is 35.1. The van der Waals surface area contributed by atoms with Gasteiger partial charge in [0.2, 0.25) is 0 Å². The summed E-state index contributed by atoms with van der Waals surface area (Å²) >= 11 is 0. The molecule has 9 nitrogen and oxygen atoms in total. The van der Waals surface area contributed by atoms with Crippen molar-refractivity contribution in [3.05, 3.63) is 78.4 Å². The monoisotopic (exact) mass is 753 g/mol. The van der Waals surface area contributed by atoms with Crippen LogP contribution in [0.4, 0.5) is 4.79 Å². The Balaban J connectivity index is 0.00000130. The summed E-state index contributed by atoms with van der Waals surface area (Å²) in [6.07, 6.45) is 10.9. The largest absolute Gasteiger partial charge is 0.494 e. The van der Waals surface area contributed by atoms with E-state index in [2.05, 4.69) is 30.5 Å². The summed E-state index contributed by atoms with van der Waals surface area (Å²) < 4.78 is 16.3. The van der Waals surface area contributed by atoms with Crippen molar-refractivity contribution in [2.24, 2.45) is 0 Å². The molecule has 1 saturated heterocycles. The number of aldehydes is 1. The quantitative estimate of drug-likeness (QED) is 0.0570. The van der Waals surface area contributed by atoms with E-state index >= 15 is 0 Å². The fourth-order valence-corrected chi connectivity index (χ4v) is 5.51. The van der Waals surface area contributed by atoms with Gasteiger partial charge in [0.15, 0.2) is 5.78 Å². The van der Waals surface area contributed by atoms with Crippen molar-refractivity contribution < 1.29 is 33.4 Å². The molecule has 0 aromatic heterocycles. The van der Waals surface area contributed by atoms with Crippen LogP contribution in [-0.2, 0) is 36.8 Å². The van der Waals surface area contributed by atoms with Gasteiger partial charge in [0.05, 0.1) is 25.3 Å². The van der Waals surface area contributed by atoms with Crippen LogP contribution in [0.2, 0.25) is 0 Å².